The maximum Gasteiger partial charge on any atom is 0.288 e. The quantitative estimate of drug-likeness (QED) is 0.501. The van der Waals surface area contributed by atoms with Crippen molar-refractivity contribution in [2.24, 2.45) is 0 Å². The lowest BCUT2D eigenvalue weighted by Crippen LogP contribution is -2.57. The van der Waals surface area contributed by atoms with Gasteiger partial charge in [0.2, 0.25) is 15.2 Å². The van der Waals surface area contributed by atoms with Gasteiger partial charge in [-0.05, 0) is 54.6 Å². The number of carbonyl (C=O) groups excluding carboxylic acids is 3. The van der Waals surface area contributed by atoms with E-state index in [-0.39, 0.29) is 42.4 Å². The van der Waals surface area contributed by atoms with E-state index < -0.39 is 44.6 Å². The Morgan fingerprint density at radius 3 is 2.14 bits per heavy atom. The maximum absolute atomic E-state index is 13.5. The number of amides is 3. The van der Waals surface area contributed by atoms with E-state index >= 15 is 0 Å². The molecule has 1 fully saturated rings. The van der Waals surface area contributed by atoms with Crippen LogP contribution in [-0.4, -0.2) is 67.5 Å². The number of furan rings is 1. The Balaban J connectivity index is 1.53. The zero-order valence-corrected chi connectivity index (χ0v) is 19.6. The lowest BCUT2D eigenvalue weighted by molar-refractivity contribution is -0.132. The Morgan fingerprint density at radius 1 is 0.861 bits per heavy atom. The van der Waals surface area contributed by atoms with E-state index in [9.17, 15) is 31.6 Å². The number of piperazine rings is 1. The van der Waals surface area contributed by atoms with E-state index in [2.05, 4.69) is 5.32 Å². The SMILES string of the molecule is O=C(N[C@@H](C(=O)N1CCN(C(=O)c2cccc(F)c2)CC1)S(=O)(=O)c1ccc(F)cc1)c1ccco1. The van der Waals surface area contributed by atoms with Crippen molar-refractivity contribution in [2.45, 2.75) is 10.3 Å². The number of nitrogens with zero attached hydrogens (tertiary/aromatic N) is 2. The molecule has 2 aromatic carbocycles. The first-order valence-electron chi connectivity index (χ1n) is 10.8. The van der Waals surface area contributed by atoms with Gasteiger partial charge >= 0.3 is 0 Å². The first-order chi connectivity index (χ1) is 17.2. The minimum Gasteiger partial charge on any atom is -0.459 e. The fourth-order valence-corrected chi connectivity index (χ4v) is 5.19. The smallest absolute Gasteiger partial charge is 0.288 e. The molecule has 12 heteroatoms. The van der Waals surface area contributed by atoms with E-state index in [0.29, 0.717) is 0 Å². The summed E-state index contributed by atoms with van der Waals surface area (Å²) in [5.41, 5.74) is 0.150. The number of hydrogen-bond donors (Lipinski definition) is 1. The highest BCUT2D eigenvalue weighted by atomic mass is 32.2. The number of benzene rings is 2. The molecule has 1 aromatic heterocycles. The normalized spacial score (nSPS) is 14.8. The molecule has 3 aromatic rings. The van der Waals surface area contributed by atoms with Crippen LogP contribution in [0, 0.1) is 11.6 Å². The number of halogens is 2. The Hall–Kier alpha value is -4.06. The molecule has 4 rings (SSSR count). The van der Waals surface area contributed by atoms with Gasteiger partial charge in [-0.3, -0.25) is 14.4 Å². The molecule has 1 atom stereocenters. The molecule has 188 valence electrons. The zero-order valence-electron chi connectivity index (χ0n) is 18.8. The molecule has 1 N–H and O–H groups in total. The van der Waals surface area contributed by atoms with E-state index in [0.717, 1.165) is 30.3 Å². The summed E-state index contributed by atoms with van der Waals surface area (Å²) < 4.78 is 58.5. The second kappa shape index (κ2) is 10.3. The average molecular weight is 518 g/mol. The summed E-state index contributed by atoms with van der Waals surface area (Å²) in [7, 11) is -4.48. The molecule has 0 bridgehead atoms. The average Bonchev–Trinajstić information content (AvgIpc) is 3.42. The summed E-state index contributed by atoms with van der Waals surface area (Å²) in [6, 6.07) is 11.8. The van der Waals surface area contributed by atoms with Gasteiger partial charge in [-0.2, -0.15) is 0 Å². The van der Waals surface area contributed by atoms with Crippen LogP contribution in [0.2, 0.25) is 0 Å². The van der Waals surface area contributed by atoms with Crippen LogP contribution in [0.3, 0.4) is 0 Å². The van der Waals surface area contributed by atoms with E-state index in [1.165, 1.54) is 46.4 Å². The molecular formula is C24H21F2N3O6S. The lowest BCUT2D eigenvalue weighted by Gasteiger charge is -2.36. The first kappa shape index (κ1) is 25.0. The molecule has 1 saturated heterocycles. The Bertz CT molecular complexity index is 1370. The number of nitrogens with one attached hydrogen (secondary N) is 1. The Labute approximate surface area is 205 Å². The number of sulfone groups is 1. The molecule has 36 heavy (non-hydrogen) atoms. The fourth-order valence-electron chi connectivity index (χ4n) is 3.73. The van der Waals surface area contributed by atoms with Crippen molar-refractivity contribution in [2.75, 3.05) is 26.2 Å². The second-order valence-corrected chi connectivity index (χ2v) is 9.99. The summed E-state index contributed by atoms with van der Waals surface area (Å²) in [5.74, 6) is -3.71. The molecule has 2 heterocycles. The molecule has 0 spiro atoms. The summed E-state index contributed by atoms with van der Waals surface area (Å²) >= 11 is 0. The van der Waals surface area contributed by atoms with Gasteiger partial charge in [-0.1, -0.05) is 6.07 Å². The predicted octanol–water partition coefficient (Wildman–Crippen LogP) is 2.07. The van der Waals surface area contributed by atoms with E-state index in [1.807, 2.05) is 0 Å². The van der Waals surface area contributed by atoms with Crippen LogP contribution in [-0.2, 0) is 14.6 Å². The molecular weight excluding hydrogens is 496 g/mol. The second-order valence-electron chi connectivity index (χ2n) is 7.96. The third kappa shape index (κ3) is 5.28. The molecule has 0 aliphatic carbocycles. The highest BCUT2D eigenvalue weighted by Crippen LogP contribution is 2.19. The van der Waals surface area contributed by atoms with Crippen LogP contribution in [0.15, 0.2) is 76.2 Å². The van der Waals surface area contributed by atoms with Crippen LogP contribution in [0.25, 0.3) is 0 Å². The fraction of sp³-hybridized carbons (Fsp3) is 0.208. The van der Waals surface area contributed by atoms with Gasteiger partial charge in [0, 0.05) is 31.7 Å². The summed E-state index contributed by atoms with van der Waals surface area (Å²) in [6.07, 6.45) is 1.22. The summed E-state index contributed by atoms with van der Waals surface area (Å²) in [6.45, 7) is 0.0883. The van der Waals surface area contributed by atoms with Gasteiger partial charge < -0.3 is 19.5 Å². The molecule has 0 unspecified atom stereocenters. The minimum atomic E-state index is -4.48. The van der Waals surface area contributed by atoms with Crippen molar-refractivity contribution >= 4 is 27.6 Å². The van der Waals surface area contributed by atoms with Crippen LogP contribution in [0.5, 0.6) is 0 Å². The lowest BCUT2D eigenvalue weighted by atomic mass is 10.1. The molecule has 1 aliphatic heterocycles. The Morgan fingerprint density at radius 2 is 1.53 bits per heavy atom. The van der Waals surface area contributed by atoms with Gasteiger partial charge in [0.25, 0.3) is 17.7 Å². The van der Waals surface area contributed by atoms with Crippen LogP contribution < -0.4 is 5.32 Å². The molecule has 0 saturated carbocycles. The van der Waals surface area contributed by atoms with Gasteiger partial charge in [0.1, 0.15) is 11.6 Å². The van der Waals surface area contributed by atoms with E-state index in [1.54, 1.807) is 0 Å². The van der Waals surface area contributed by atoms with Crippen molar-refractivity contribution in [3.8, 4) is 0 Å². The topological polar surface area (TPSA) is 117 Å². The van der Waals surface area contributed by atoms with Crippen molar-refractivity contribution in [3.05, 3.63) is 89.9 Å². The third-order valence-electron chi connectivity index (χ3n) is 5.63. The van der Waals surface area contributed by atoms with E-state index in [4.69, 9.17) is 4.42 Å². The Kier molecular flexibility index (Phi) is 7.15. The van der Waals surface area contributed by atoms with Crippen LogP contribution >= 0.6 is 0 Å². The van der Waals surface area contributed by atoms with Crippen molar-refractivity contribution < 1.29 is 36.0 Å². The summed E-state index contributed by atoms with van der Waals surface area (Å²) in [5, 5.41) is 0.186. The van der Waals surface area contributed by atoms with Gasteiger partial charge in [0.15, 0.2) is 5.76 Å². The van der Waals surface area contributed by atoms with Gasteiger partial charge in [0.05, 0.1) is 11.2 Å². The van der Waals surface area contributed by atoms with Gasteiger partial charge in [-0.15, -0.1) is 0 Å². The van der Waals surface area contributed by atoms with Crippen molar-refractivity contribution in [3.63, 3.8) is 0 Å². The van der Waals surface area contributed by atoms with Crippen molar-refractivity contribution in [1.29, 1.82) is 0 Å². The van der Waals surface area contributed by atoms with Crippen molar-refractivity contribution in [1.82, 2.24) is 15.1 Å². The van der Waals surface area contributed by atoms with Gasteiger partial charge in [-0.25, -0.2) is 17.2 Å². The molecule has 9 nitrogen and oxygen atoms in total. The highest BCUT2D eigenvalue weighted by Gasteiger charge is 2.40. The maximum atomic E-state index is 13.5. The predicted molar refractivity (Wildman–Crippen MR) is 122 cm³/mol. The highest BCUT2D eigenvalue weighted by molar-refractivity contribution is 7.92. The molecule has 3 amide bonds. The largest absolute Gasteiger partial charge is 0.459 e. The standard InChI is InChI=1S/C24H21F2N3O6S/c25-17-6-8-19(9-7-17)36(33,34)22(27-21(30)20-5-2-14-35-20)24(32)29-12-10-28(11-13-29)23(31)16-3-1-4-18(26)15-16/h1-9,14-15,22H,10-13H2,(H,27,30)/t22-/m1/s1. The van der Waals surface area contributed by atoms with Crippen LogP contribution in [0.4, 0.5) is 8.78 Å². The first-order valence-corrected chi connectivity index (χ1v) is 12.4. The number of carbonyl (C=O) groups is 3. The number of hydrogen-bond acceptors (Lipinski definition) is 6. The molecule has 0 radical (unpaired) electrons. The molecule has 1 aliphatic rings. The number of rotatable bonds is 6. The third-order valence-corrected chi connectivity index (χ3v) is 7.50. The monoisotopic (exact) mass is 517 g/mol. The minimum absolute atomic E-state index is 0.0219. The summed E-state index contributed by atoms with van der Waals surface area (Å²) in [4.78, 5) is 40.9. The van der Waals surface area contributed by atoms with Crippen LogP contribution in [0.1, 0.15) is 20.9 Å². The zero-order chi connectivity index (χ0) is 25.9.